The van der Waals surface area contributed by atoms with Crippen LogP contribution in [0, 0.1) is 0 Å². The second-order valence-corrected chi connectivity index (χ2v) is 2.43. The first-order valence-electron chi connectivity index (χ1n) is 3.80. The molecule has 1 atom stereocenters. The summed E-state index contributed by atoms with van der Waals surface area (Å²) in [6.07, 6.45) is 0.573. The summed E-state index contributed by atoms with van der Waals surface area (Å²) in [5.74, 6) is -0.904. The van der Waals surface area contributed by atoms with Crippen molar-refractivity contribution in [3.63, 3.8) is 0 Å². The molecule has 1 unspecified atom stereocenters. The van der Waals surface area contributed by atoms with Crippen molar-refractivity contribution in [2.75, 3.05) is 7.05 Å². The SMILES string of the molecule is CCC(CC(=O)O)NC(=O)NC. The van der Waals surface area contributed by atoms with Crippen molar-refractivity contribution >= 4 is 12.0 Å². The highest BCUT2D eigenvalue weighted by Gasteiger charge is 2.12. The number of hydrogen-bond acceptors (Lipinski definition) is 2. The fourth-order valence-electron chi connectivity index (χ4n) is 0.766. The van der Waals surface area contributed by atoms with Crippen LogP contribution in [0.2, 0.25) is 0 Å². The van der Waals surface area contributed by atoms with E-state index in [2.05, 4.69) is 10.6 Å². The third kappa shape index (κ3) is 4.54. The summed E-state index contributed by atoms with van der Waals surface area (Å²) in [5.41, 5.74) is 0. The minimum absolute atomic E-state index is 0.0378. The Kier molecular flexibility index (Phi) is 4.83. The highest BCUT2D eigenvalue weighted by Crippen LogP contribution is 1.96. The monoisotopic (exact) mass is 174 g/mol. The highest BCUT2D eigenvalue weighted by molar-refractivity contribution is 5.75. The second kappa shape index (κ2) is 5.40. The third-order valence-electron chi connectivity index (χ3n) is 1.48. The van der Waals surface area contributed by atoms with Crippen molar-refractivity contribution in [1.82, 2.24) is 10.6 Å². The zero-order valence-electron chi connectivity index (χ0n) is 7.26. The van der Waals surface area contributed by atoms with Gasteiger partial charge in [-0.2, -0.15) is 0 Å². The molecule has 0 aromatic heterocycles. The van der Waals surface area contributed by atoms with Crippen LogP contribution in [0.1, 0.15) is 19.8 Å². The fourth-order valence-corrected chi connectivity index (χ4v) is 0.766. The van der Waals surface area contributed by atoms with E-state index in [4.69, 9.17) is 5.11 Å². The summed E-state index contributed by atoms with van der Waals surface area (Å²) in [6, 6.07) is -0.634. The average molecular weight is 174 g/mol. The van der Waals surface area contributed by atoms with Gasteiger partial charge in [-0.25, -0.2) is 4.79 Å². The Hall–Kier alpha value is -1.26. The first kappa shape index (κ1) is 10.7. The summed E-state index contributed by atoms with van der Waals surface area (Å²) in [6.45, 7) is 1.82. The standard InChI is InChI=1S/C7H14N2O3/c1-3-5(4-6(10)11)9-7(12)8-2/h5H,3-4H2,1-2H3,(H,10,11)(H2,8,9,12). The molecule has 0 aliphatic carbocycles. The lowest BCUT2D eigenvalue weighted by atomic mass is 10.1. The maximum Gasteiger partial charge on any atom is 0.314 e. The van der Waals surface area contributed by atoms with E-state index >= 15 is 0 Å². The Morgan fingerprint density at radius 2 is 2.08 bits per heavy atom. The molecule has 0 rings (SSSR count). The van der Waals surface area contributed by atoms with Crippen molar-refractivity contribution in [3.8, 4) is 0 Å². The lowest BCUT2D eigenvalue weighted by Crippen LogP contribution is -2.41. The van der Waals surface area contributed by atoms with Crippen molar-refractivity contribution in [1.29, 1.82) is 0 Å². The summed E-state index contributed by atoms with van der Waals surface area (Å²) < 4.78 is 0. The van der Waals surface area contributed by atoms with E-state index in [0.29, 0.717) is 6.42 Å². The van der Waals surface area contributed by atoms with Crippen LogP contribution in [0.5, 0.6) is 0 Å². The summed E-state index contributed by atoms with van der Waals surface area (Å²) in [4.78, 5) is 21.0. The van der Waals surface area contributed by atoms with Gasteiger partial charge in [-0.05, 0) is 6.42 Å². The molecule has 0 heterocycles. The van der Waals surface area contributed by atoms with Gasteiger partial charge in [0.1, 0.15) is 0 Å². The third-order valence-corrected chi connectivity index (χ3v) is 1.48. The maximum atomic E-state index is 10.7. The predicted molar refractivity (Wildman–Crippen MR) is 43.9 cm³/mol. The number of carboxylic acid groups (broad SMARTS) is 1. The zero-order valence-corrected chi connectivity index (χ0v) is 7.26. The van der Waals surface area contributed by atoms with Crippen LogP contribution >= 0.6 is 0 Å². The van der Waals surface area contributed by atoms with Crippen LogP contribution in [0.25, 0.3) is 0 Å². The number of aliphatic carboxylic acids is 1. The highest BCUT2D eigenvalue weighted by atomic mass is 16.4. The van der Waals surface area contributed by atoms with Gasteiger partial charge < -0.3 is 15.7 Å². The summed E-state index contributed by atoms with van der Waals surface area (Å²) in [5, 5.41) is 13.3. The van der Waals surface area contributed by atoms with Gasteiger partial charge in [-0.1, -0.05) is 6.92 Å². The van der Waals surface area contributed by atoms with E-state index in [1.165, 1.54) is 7.05 Å². The molecule has 0 spiro atoms. The Balaban J connectivity index is 3.82. The molecule has 0 fully saturated rings. The number of carbonyl (C=O) groups excluding carboxylic acids is 1. The molecule has 0 saturated carbocycles. The van der Waals surface area contributed by atoms with Crippen LogP contribution in [-0.2, 0) is 4.79 Å². The molecule has 0 aliphatic rings. The number of amides is 2. The minimum Gasteiger partial charge on any atom is -0.481 e. The molecule has 0 saturated heterocycles. The van der Waals surface area contributed by atoms with E-state index < -0.39 is 5.97 Å². The van der Waals surface area contributed by atoms with Gasteiger partial charge in [0.25, 0.3) is 0 Å². The van der Waals surface area contributed by atoms with Gasteiger partial charge in [0.2, 0.25) is 0 Å². The molecule has 5 nitrogen and oxygen atoms in total. The van der Waals surface area contributed by atoms with Crippen LogP contribution < -0.4 is 10.6 Å². The molecule has 0 aromatic rings. The van der Waals surface area contributed by atoms with Gasteiger partial charge in [0, 0.05) is 13.1 Å². The van der Waals surface area contributed by atoms with Gasteiger partial charge in [-0.15, -0.1) is 0 Å². The molecule has 70 valence electrons. The molecule has 0 radical (unpaired) electrons. The number of rotatable bonds is 4. The van der Waals surface area contributed by atoms with E-state index in [1.807, 2.05) is 6.92 Å². The number of urea groups is 1. The topological polar surface area (TPSA) is 78.4 Å². The minimum atomic E-state index is -0.904. The number of carbonyl (C=O) groups is 2. The largest absolute Gasteiger partial charge is 0.481 e. The van der Waals surface area contributed by atoms with Gasteiger partial charge in [-0.3, -0.25) is 4.79 Å². The Morgan fingerprint density at radius 1 is 1.50 bits per heavy atom. The fraction of sp³-hybridized carbons (Fsp3) is 0.714. The van der Waals surface area contributed by atoms with Gasteiger partial charge in [0.05, 0.1) is 6.42 Å². The molecular weight excluding hydrogens is 160 g/mol. The quantitative estimate of drug-likeness (QED) is 0.568. The Morgan fingerprint density at radius 3 is 2.42 bits per heavy atom. The molecule has 0 aromatic carbocycles. The molecular formula is C7H14N2O3. The van der Waals surface area contributed by atoms with Crippen molar-refractivity contribution in [3.05, 3.63) is 0 Å². The lowest BCUT2D eigenvalue weighted by molar-refractivity contribution is -0.137. The van der Waals surface area contributed by atoms with Gasteiger partial charge in [0.15, 0.2) is 0 Å². The normalized spacial score (nSPS) is 11.8. The van der Waals surface area contributed by atoms with E-state index in [1.54, 1.807) is 0 Å². The molecule has 0 bridgehead atoms. The van der Waals surface area contributed by atoms with Gasteiger partial charge >= 0.3 is 12.0 Å². The molecule has 0 aliphatic heterocycles. The maximum absolute atomic E-state index is 10.7. The first-order valence-corrected chi connectivity index (χ1v) is 3.80. The van der Waals surface area contributed by atoms with E-state index in [-0.39, 0.29) is 18.5 Å². The summed E-state index contributed by atoms with van der Waals surface area (Å²) >= 11 is 0. The zero-order chi connectivity index (χ0) is 9.56. The lowest BCUT2D eigenvalue weighted by Gasteiger charge is -2.13. The van der Waals surface area contributed by atoms with Crippen molar-refractivity contribution in [2.45, 2.75) is 25.8 Å². The van der Waals surface area contributed by atoms with Crippen LogP contribution in [0.3, 0.4) is 0 Å². The number of carboxylic acids is 1. The number of nitrogens with one attached hydrogen (secondary N) is 2. The first-order chi connectivity index (χ1) is 5.60. The molecule has 5 heteroatoms. The molecule has 2 amide bonds. The van der Waals surface area contributed by atoms with Crippen molar-refractivity contribution in [2.24, 2.45) is 0 Å². The molecule has 3 N–H and O–H groups in total. The average Bonchev–Trinajstić information content (AvgIpc) is 2.02. The summed E-state index contributed by atoms with van der Waals surface area (Å²) in [7, 11) is 1.49. The van der Waals surface area contributed by atoms with Crippen LogP contribution in [0.4, 0.5) is 4.79 Å². The predicted octanol–water partition coefficient (Wildman–Crippen LogP) is 0.169. The Bertz CT molecular complexity index is 170. The van der Waals surface area contributed by atoms with Crippen LogP contribution in [0.15, 0.2) is 0 Å². The van der Waals surface area contributed by atoms with E-state index in [9.17, 15) is 9.59 Å². The smallest absolute Gasteiger partial charge is 0.314 e. The number of hydrogen-bond donors (Lipinski definition) is 3. The van der Waals surface area contributed by atoms with Crippen molar-refractivity contribution < 1.29 is 14.7 Å². The van der Waals surface area contributed by atoms with Crippen LogP contribution in [-0.4, -0.2) is 30.2 Å². The van der Waals surface area contributed by atoms with E-state index in [0.717, 1.165) is 0 Å². The molecule has 12 heavy (non-hydrogen) atoms. The second-order valence-electron chi connectivity index (χ2n) is 2.43. The Labute approximate surface area is 71.1 Å².